The van der Waals surface area contributed by atoms with Gasteiger partial charge in [0.05, 0.1) is 5.69 Å². The molecule has 0 saturated carbocycles. The second-order valence-electron chi connectivity index (χ2n) is 2.96. The number of halogens is 5. The van der Waals surface area contributed by atoms with Crippen LogP contribution in [0, 0.1) is 9.39 Å². The van der Waals surface area contributed by atoms with Crippen LogP contribution in [0.1, 0.15) is 6.42 Å². The standard InChI is InChI=1S/C9H6F4INO/c10-5-1-2-7(6(14)3-5)15-8(16)4-9(11,12)13/h1-3H,4H2,(H,15,16). The minimum Gasteiger partial charge on any atom is -0.325 e. The number of rotatable bonds is 2. The van der Waals surface area contributed by atoms with Crippen molar-refractivity contribution in [1.29, 1.82) is 0 Å². The Kier molecular flexibility index (Phi) is 4.11. The SMILES string of the molecule is O=C(CC(F)(F)F)Nc1ccc(F)cc1I. The number of anilines is 1. The predicted molar refractivity (Wildman–Crippen MR) is 58.4 cm³/mol. The molecule has 0 fully saturated rings. The highest BCUT2D eigenvalue weighted by Crippen LogP contribution is 2.23. The van der Waals surface area contributed by atoms with Crippen molar-refractivity contribution < 1.29 is 22.4 Å². The van der Waals surface area contributed by atoms with Crippen molar-refractivity contribution in [3.05, 3.63) is 27.6 Å². The average molecular weight is 347 g/mol. The van der Waals surface area contributed by atoms with Crippen LogP contribution in [-0.2, 0) is 4.79 Å². The van der Waals surface area contributed by atoms with Crippen molar-refractivity contribution in [1.82, 2.24) is 0 Å². The maximum absolute atomic E-state index is 12.7. The summed E-state index contributed by atoms with van der Waals surface area (Å²) in [5.74, 6) is -1.68. The summed E-state index contributed by atoms with van der Waals surface area (Å²) in [5, 5.41) is 2.06. The van der Waals surface area contributed by atoms with Crippen LogP contribution >= 0.6 is 22.6 Å². The van der Waals surface area contributed by atoms with Crippen LogP contribution in [0.15, 0.2) is 18.2 Å². The van der Waals surface area contributed by atoms with E-state index < -0.39 is 24.3 Å². The number of benzene rings is 1. The second kappa shape index (κ2) is 4.98. The van der Waals surface area contributed by atoms with Crippen LogP contribution in [-0.4, -0.2) is 12.1 Å². The summed E-state index contributed by atoms with van der Waals surface area (Å²) in [5.41, 5.74) is 0.163. The number of alkyl halides is 3. The van der Waals surface area contributed by atoms with Crippen molar-refractivity contribution >= 4 is 34.2 Å². The molecule has 0 aliphatic carbocycles. The van der Waals surface area contributed by atoms with E-state index in [4.69, 9.17) is 0 Å². The van der Waals surface area contributed by atoms with Gasteiger partial charge < -0.3 is 5.32 Å². The lowest BCUT2D eigenvalue weighted by Crippen LogP contribution is -2.21. The minimum atomic E-state index is -4.55. The Morgan fingerprint density at radius 2 is 2.00 bits per heavy atom. The zero-order chi connectivity index (χ0) is 12.3. The van der Waals surface area contributed by atoms with Gasteiger partial charge in [-0.3, -0.25) is 4.79 Å². The van der Waals surface area contributed by atoms with Gasteiger partial charge >= 0.3 is 6.18 Å². The molecule has 0 heterocycles. The first-order valence-electron chi connectivity index (χ1n) is 4.09. The average Bonchev–Trinajstić information content (AvgIpc) is 2.06. The fraction of sp³-hybridized carbons (Fsp3) is 0.222. The van der Waals surface area contributed by atoms with Crippen LogP contribution < -0.4 is 5.32 Å². The molecule has 1 rings (SSSR count). The van der Waals surface area contributed by atoms with E-state index >= 15 is 0 Å². The van der Waals surface area contributed by atoms with Crippen LogP contribution in [0.2, 0.25) is 0 Å². The molecule has 0 saturated heterocycles. The Balaban J connectivity index is 2.70. The summed E-state index contributed by atoms with van der Waals surface area (Å²) >= 11 is 1.72. The fourth-order valence-electron chi connectivity index (χ4n) is 0.967. The lowest BCUT2D eigenvalue weighted by atomic mass is 10.3. The molecule has 0 atom stereocenters. The quantitative estimate of drug-likeness (QED) is 0.646. The number of carbonyl (C=O) groups is 1. The molecule has 1 amide bonds. The van der Waals surface area contributed by atoms with Crippen molar-refractivity contribution in [2.45, 2.75) is 12.6 Å². The Morgan fingerprint density at radius 3 is 2.50 bits per heavy atom. The van der Waals surface area contributed by atoms with Gasteiger partial charge in [0.25, 0.3) is 0 Å². The lowest BCUT2D eigenvalue weighted by Gasteiger charge is -2.09. The third-order valence-electron chi connectivity index (χ3n) is 1.57. The van der Waals surface area contributed by atoms with E-state index in [1.807, 2.05) is 0 Å². The maximum atomic E-state index is 12.7. The van der Waals surface area contributed by atoms with Gasteiger partial charge in [-0.05, 0) is 40.8 Å². The number of hydrogen-bond donors (Lipinski definition) is 1. The largest absolute Gasteiger partial charge is 0.397 e. The molecule has 2 nitrogen and oxygen atoms in total. The molecule has 16 heavy (non-hydrogen) atoms. The third kappa shape index (κ3) is 4.33. The van der Waals surface area contributed by atoms with Crippen LogP contribution in [0.5, 0.6) is 0 Å². The van der Waals surface area contributed by atoms with Crippen molar-refractivity contribution in [3.63, 3.8) is 0 Å². The molecule has 0 spiro atoms. The highest BCUT2D eigenvalue weighted by Gasteiger charge is 2.31. The molecule has 0 aliphatic heterocycles. The molecule has 0 bridgehead atoms. The van der Waals surface area contributed by atoms with Gasteiger partial charge in [-0.15, -0.1) is 0 Å². The molecule has 7 heteroatoms. The van der Waals surface area contributed by atoms with Crippen LogP contribution in [0.4, 0.5) is 23.2 Å². The summed E-state index contributed by atoms with van der Waals surface area (Å²) < 4.78 is 48.6. The molecule has 1 aromatic carbocycles. The first kappa shape index (κ1) is 13.2. The zero-order valence-electron chi connectivity index (χ0n) is 7.74. The Morgan fingerprint density at radius 1 is 1.38 bits per heavy atom. The normalized spacial score (nSPS) is 11.3. The van der Waals surface area contributed by atoms with Gasteiger partial charge in [-0.25, -0.2) is 4.39 Å². The smallest absolute Gasteiger partial charge is 0.325 e. The lowest BCUT2D eigenvalue weighted by molar-refractivity contribution is -0.150. The number of amides is 1. The molecular formula is C9H6F4INO. The highest BCUT2D eigenvalue weighted by molar-refractivity contribution is 14.1. The summed E-state index contributed by atoms with van der Waals surface area (Å²) in [6, 6.07) is 3.39. The van der Waals surface area contributed by atoms with E-state index in [2.05, 4.69) is 5.32 Å². The van der Waals surface area contributed by atoms with Gasteiger partial charge in [-0.1, -0.05) is 0 Å². The van der Waals surface area contributed by atoms with E-state index in [0.717, 1.165) is 12.1 Å². The molecule has 0 aliphatic rings. The number of hydrogen-bond acceptors (Lipinski definition) is 1. The predicted octanol–water partition coefficient (Wildman–Crippen LogP) is 3.32. The van der Waals surface area contributed by atoms with Crippen molar-refractivity contribution in [3.8, 4) is 0 Å². The van der Waals surface area contributed by atoms with E-state index in [9.17, 15) is 22.4 Å². The van der Waals surface area contributed by atoms with Gasteiger partial charge in [0.15, 0.2) is 0 Å². The minimum absolute atomic E-state index is 0.163. The summed E-state index contributed by atoms with van der Waals surface area (Å²) in [4.78, 5) is 10.9. The van der Waals surface area contributed by atoms with E-state index in [1.54, 1.807) is 22.6 Å². The van der Waals surface area contributed by atoms with E-state index in [1.165, 1.54) is 6.07 Å². The van der Waals surface area contributed by atoms with Crippen molar-refractivity contribution in [2.24, 2.45) is 0 Å². The van der Waals surface area contributed by atoms with Gasteiger partial charge in [-0.2, -0.15) is 13.2 Å². The molecule has 88 valence electrons. The maximum Gasteiger partial charge on any atom is 0.397 e. The molecule has 1 N–H and O–H groups in total. The third-order valence-corrected chi connectivity index (χ3v) is 2.46. The molecule has 0 radical (unpaired) electrons. The van der Waals surface area contributed by atoms with Crippen LogP contribution in [0.3, 0.4) is 0 Å². The number of carbonyl (C=O) groups excluding carboxylic acids is 1. The van der Waals surface area contributed by atoms with Gasteiger partial charge in [0.1, 0.15) is 12.2 Å². The molecule has 0 unspecified atom stereocenters. The topological polar surface area (TPSA) is 29.1 Å². The van der Waals surface area contributed by atoms with Gasteiger partial charge in [0, 0.05) is 3.57 Å². The summed E-state index contributed by atoms with van der Waals surface area (Å²) in [6.45, 7) is 0. The summed E-state index contributed by atoms with van der Waals surface area (Å²) in [6.07, 6.45) is -6.10. The summed E-state index contributed by atoms with van der Waals surface area (Å²) in [7, 11) is 0. The molecular weight excluding hydrogens is 341 g/mol. The monoisotopic (exact) mass is 347 g/mol. The second-order valence-corrected chi connectivity index (χ2v) is 4.13. The first-order valence-corrected chi connectivity index (χ1v) is 5.17. The number of nitrogens with one attached hydrogen (secondary N) is 1. The van der Waals surface area contributed by atoms with Crippen molar-refractivity contribution in [2.75, 3.05) is 5.32 Å². The van der Waals surface area contributed by atoms with Gasteiger partial charge in [0.2, 0.25) is 5.91 Å². The molecule has 0 aromatic heterocycles. The van der Waals surface area contributed by atoms with E-state index in [0.29, 0.717) is 3.57 Å². The molecule has 1 aromatic rings. The Bertz CT molecular complexity index is 405. The zero-order valence-corrected chi connectivity index (χ0v) is 9.89. The fourth-order valence-corrected chi connectivity index (χ4v) is 1.58. The van der Waals surface area contributed by atoms with Crippen LogP contribution in [0.25, 0.3) is 0 Å². The highest BCUT2D eigenvalue weighted by atomic mass is 127. The Hall–Kier alpha value is -0.860. The first-order chi connectivity index (χ1) is 7.28. The van der Waals surface area contributed by atoms with E-state index in [-0.39, 0.29) is 5.69 Å². The Labute approximate surface area is 102 Å².